The summed E-state index contributed by atoms with van der Waals surface area (Å²) in [5.74, 6) is 1.55. The lowest BCUT2D eigenvalue weighted by Crippen LogP contribution is -2.40. The monoisotopic (exact) mass is 370 g/mol. The number of nitrogens with one attached hydrogen (secondary N) is 1. The van der Waals surface area contributed by atoms with Crippen molar-refractivity contribution in [1.29, 1.82) is 0 Å². The van der Waals surface area contributed by atoms with Crippen molar-refractivity contribution in [1.82, 2.24) is 19.9 Å². The molecule has 4 aromatic rings. The number of hydrogen-bond acceptors (Lipinski definition) is 3. The Hall–Kier alpha value is -3.21. The lowest BCUT2D eigenvalue weighted by molar-refractivity contribution is 0.0672. The minimum absolute atomic E-state index is 0.111. The van der Waals surface area contributed by atoms with Gasteiger partial charge in [-0.05, 0) is 55.2 Å². The molecule has 0 radical (unpaired) electrons. The molecular formula is C23H22N4O. The van der Waals surface area contributed by atoms with Gasteiger partial charge in [-0.2, -0.15) is 0 Å². The highest BCUT2D eigenvalue weighted by atomic mass is 16.2. The maximum absolute atomic E-state index is 13.1. The van der Waals surface area contributed by atoms with Crippen molar-refractivity contribution in [3.05, 3.63) is 72.2 Å². The van der Waals surface area contributed by atoms with Crippen LogP contribution in [-0.4, -0.2) is 38.8 Å². The topological polar surface area (TPSA) is 61.9 Å². The zero-order valence-corrected chi connectivity index (χ0v) is 15.6. The number of piperidine rings is 1. The molecule has 1 atom stereocenters. The van der Waals surface area contributed by atoms with Crippen LogP contribution in [0.1, 0.15) is 29.0 Å². The normalized spacial score (nSPS) is 17.3. The van der Waals surface area contributed by atoms with Gasteiger partial charge in [0.05, 0.1) is 16.6 Å². The highest BCUT2D eigenvalue weighted by Crippen LogP contribution is 2.23. The van der Waals surface area contributed by atoms with Crippen molar-refractivity contribution in [3.8, 4) is 0 Å². The fourth-order valence-corrected chi connectivity index (χ4v) is 4.18. The van der Waals surface area contributed by atoms with Gasteiger partial charge in [-0.3, -0.25) is 9.78 Å². The van der Waals surface area contributed by atoms with E-state index in [0.29, 0.717) is 5.92 Å². The van der Waals surface area contributed by atoms with Crippen LogP contribution in [0.25, 0.3) is 21.9 Å². The van der Waals surface area contributed by atoms with E-state index in [1.807, 2.05) is 53.4 Å². The van der Waals surface area contributed by atoms with Crippen LogP contribution in [0.3, 0.4) is 0 Å². The standard InChI is InChI=1S/C23H22N4O/c28-23(18-9-10-19-17(14-18)6-3-11-24-19)27-12-4-5-16(15-27)13-22-25-20-7-1-2-8-21(20)26-22/h1-3,6-11,14,16H,4-5,12-13,15H2,(H,25,26)/t16-/m1/s1. The van der Waals surface area contributed by atoms with Crippen LogP contribution in [0.4, 0.5) is 0 Å². The quantitative estimate of drug-likeness (QED) is 0.588. The van der Waals surface area contributed by atoms with Gasteiger partial charge in [-0.25, -0.2) is 4.98 Å². The molecule has 1 saturated heterocycles. The molecule has 1 fully saturated rings. The smallest absolute Gasteiger partial charge is 0.253 e. The number of aromatic amines is 1. The Morgan fingerprint density at radius 3 is 2.96 bits per heavy atom. The number of likely N-dealkylation sites (tertiary alicyclic amines) is 1. The second-order valence-corrected chi connectivity index (χ2v) is 7.58. The molecule has 28 heavy (non-hydrogen) atoms. The largest absolute Gasteiger partial charge is 0.342 e. The molecule has 0 bridgehead atoms. The van der Waals surface area contributed by atoms with E-state index in [1.165, 1.54) is 0 Å². The number of hydrogen-bond donors (Lipinski definition) is 1. The molecule has 5 rings (SSSR count). The highest BCUT2D eigenvalue weighted by Gasteiger charge is 2.25. The summed E-state index contributed by atoms with van der Waals surface area (Å²) in [7, 11) is 0. The lowest BCUT2D eigenvalue weighted by Gasteiger charge is -2.32. The molecule has 2 aromatic carbocycles. The minimum Gasteiger partial charge on any atom is -0.342 e. The summed E-state index contributed by atoms with van der Waals surface area (Å²) in [6.07, 6.45) is 4.81. The first kappa shape index (κ1) is 16.9. The first-order chi connectivity index (χ1) is 13.8. The number of nitrogens with zero attached hydrogens (tertiary/aromatic N) is 3. The lowest BCUT2D eigenvalue weighted by atomic mass is 9.94. The van der Waals surface area contributed by atoms with E-state index in [1.54, 1.807) is 6.20 Å². The molecule has 1 amide bonds. The third kappa shape index (κ3) is 3.24. The van der Waals surface area contributed by atoms with Crippen LogP contribution in [-0.2, 0) is 6.42 Å². The number of fused-ring (bicyclic) bond motifs is 2. The third-order valence-corrected chi connectivity index (χ3v) is 5.58. The number of rotatable bonds is 3. The number of imidazole rings is 1. The molecule has 0 unspecified atom stereocenters. The van der Waals surface area contributed by atoms with Crippen LogP contribution in [0.15, 0.2) is 60.8 Å². The van der Waals surface area contributed by atoms with Crippen LogP contribution >= 0.6 is 0 Å². The Bertz CT molecular complexity index is 1120. The number of carbonyl (C=O) groups excluding carboxylic acids is 1. The molecule has 5 nitrogen and oxygen atoms in total. The van der Waals surface area contributed by atoms with E-state index in [4.69, 9.17) is 4.98 Å². The van der Waals surface area contributed by atoms with E-state index in [9.17, 15) is 4.79 Å². The number of pyridine rings is 1. The van der Waals surface area contributed by atoms with Crippen LogP contribution in [0, 0.1) is 5.92 Å². The van der Waals surface area contributed by atoms with Crippen molar-refractivity contribution in [2.24, 2.45) is 5.92 Å². The SMILES string of the molecule is O=C(c1ccc2ncccc2c1)N1CCC[C@H](Cc2nc3ccccc3[nH]2)C1. The summed E-state index contributed by atoms with van der Waals surface area (Å²) in [4.78, 5) is 27.5. The van der Waals surface area contributed by atoms with Crippen molar-refractivity contribution in [2.45, 2.75) is 19.3 Å². The van der Waals surface area contributed by atoms with Crippen LogP contribution in [0.5, 0.6) is 0 Å². The Labute approximate surface area is 163 Å². The molecule has 2 aromatic heterocycles. The average Bonchev–Trinajstić information content (AvgIpc) is 3.15. The first-order valence-corrected chi connectivity index (χ1v) is 9.84. The fraction of sp³-hybridized carbons (Fsp3) is 0.261. The first-order valence-electron chi connectivity index (χ1n) is 9.84. The third-order valence-electron chi connectivity index (χ3n) is 5.58. The molecule has 5 heteroatoms. The number of aromatic nitrogens is 3. The van der Waals surface area contributed by atoms with E-state index in [2.05, 4.69) is 16.0 Å². The van der Waals surface area contributed by atoms with Gasteiger partial charge in [0.15, 0.2) is 0 Å². The zero-order valence-electron chi connectivity index (χ0n) is 15.6. The highest BCUT2D eigenvalue weighted by molar-refractivity contribution is 5.98. The zero-order chi connectivity index (χ0) is 18.9. The fourth-order valence-electron chi connectivity index (χ4n) is 4.18. The number of benzene rings is 2. The predicted octanol–water partition coefficient (Wildman–Crippen LogP) is 4.21. The summed E-state index contributed by atoms with van der Waals surface area (Å²) in [6, 6.07) is 17.8. The number of H-pyrrole nitrogens is 1. The minimum atomic E-state index is 0.111. The number of para-hydroxylation sites is 2. The van der Waals surface area contributed by atoms with E-state index in [0.717, 1.165) is 65.7 Å². The van der Waals surface area contributed by atoms with Gasteiger partial charge in [0.2, 0.25) is 0 Å². The number of carbonyl (C=O) groups is 1. The van der Waals surface area contributed by atoms with Crippen LogP contribution in [0.2, 0.25) is 0 Å². The molecule has 0 spiro atoms. The molecule has 1 aliphatic heterocycles. The molecule has 0 aliphatic carbocycles. The Morgan fingerprint density at radius 1 is 1.11 bits per heavy atom. The van der Waals surface area contributed by atoms with Gasteiger partial charge in [-0.1, -0.05) is 18.2 Å². The average molecular weight is 370 g/mol. The molecule has 0 saturated carbocycles. The van der Waals surface area contributed by atoms with Gasteiger partial charge in [0, 0.05) is 36.7 Å². The summed E-state index contributed by atoms with van der Waals surface area (Å²) < 4.78 is 0. The van der Waals surface area contributed by atoms with Gasteiger partial charge >= 0.3 is 0 Å². The molecule has 3 heterocycles. The van der Waals surface area contributed by atoms with Crippen molar-refractivity contribution in [3.63, 3.8) is 0 Å². The summed E-state index contributed by atoms with van der Waals surface area (Å²) in [5.41, 5.74) is 3.74. The summed E-state index contributed by atoms with van der Waals surface area (Å²) >= 11 is 0. The Kier molecular flexibility index (Phi) is 4.28. The van der Waals surface area contributed by atoms with E-state index >= 15 is 0 Å². The van der Waals surface area contributed by atoms with E-state index < -0.39 is 0 Å². The van der Waals surface area contributed by atoms with Crippen molar-refractivity contribution in [2.75, 3.05) is 13.1 Å². The van der Waals surface area contributed by atoms with Gasteiger partial charge < -0.3 is 9.88 Å². The summed E-state index contributed by atoms with van der Waals surface area (Å²) in [6.45, 7) is 1.60. The van der Waals surface area contributed by atoms with Gasteiger partial charge in [0.1, 0.15) is 5.82 Å². The van der Waals surface area contributed by atoms with Crippen LogP contribution < -0.4 is 0 Å². The Morgan fingerprint density at radius 2 is 2.04 bits per heavy atom. The molecule has 1 aliphatic rings. The van der Waals surface area contributed by atoms with E-state index in [-0.39, 0.29) is 5.91 Å². The van der Waals surface area contributed by atoms with Crippen molar-refractivity contribution >= 4 is 27.8 Å². The Balaban J connectivity index is 1.32. The second kappa shape index (κ2) is 7.08. The molecular weight excluding hydrogens is 348 g/mol. The summed E-state index contributed by atoms with van der Waals surface area (Å²) in [5, 5.41) is 1.00. The maximum Gasteiger partial charge on any atom is 0.253 e. The second-order valence-electron chi connectivity index (χ2n) is 7.58. The van der Waals surface area contributed by atoms with Gasteiger partial charge in [-0.15, -0.1) is 0 Å². The number of amides is 1. The van der Waals surface area contributed by atoms with Crippen molar-refractivity contribution < 1.29 is 4.79 Å². The molecule has 1 N–H and O–H groups in total. The predicted molar refractivity (Wildman–Crippen MR) is 110 cm³/mol. The molecule has 140 valence electrons. The maximum atomic E-state index is 13.1. The van der Waals surface area contributed by atoms with Gasteiger partial charge in [0.25, 0.3) is 5.91 Å².